The summed E-state index contributed by atoms with van der Waals surface area (Å²) >= 11 is 0. The number of aliphatic hydroxyl groups is 2. The van der Waals surface area contributed by atoms with Crippen molar-refractivity contribution >= 4 is 9.84 Å². The Kier molecular flexibility index (Phi) is 4.83. The molecule has 0 bridgehead atoms. The standard InChI is InChI=1S/C7H17NO4S/c1-5(2)8-7(10)6(9)4-13(3,11)12/h5-10H,4H2,1-3H3/t6-,7?/m1/s1. The molecule has 0 aromatic rings. The van der Waals surface area contributed by atoms with Crippen molar-refractivity contribution in [2.45, 2.75) is 32.2 Å². The highest BCUT2D eigenvalue weighted by Crippen LogP contribution is 1.96. The Bertz CT molecular complexity index is 237. The second kappa shape index (κ2) is 4.90. The van der Waals surface area contributed by atoms with E-state index in [9.17, 15) is 18.6 Å². The minimum atomic E-state index is -3.25. The van der Waals surface area contributed by atoms with Crippen LogP contribution in [0, 0.1) is 0 Å². The van der Waals surface area contributed by atoms with Crippen molar-refractivity contribution in [3.8, 4) is 0 Å². The Labute approximate surface area is 78.7 Å². The van der Waals surface area contributed by atoms with Crippen molar-refractivity contribution in [3.63, 3.8) is 0 Å². The number of hydrogen-bond donors (Lipinski definition) is 3. The maximum atomic E-state index is 10.7. The highest BCUT2D eigenvalue weighted by molar-refractivity contribution is 7.90. The minimum Gasteiger partial charge on any atom is -0.388 e. The molecule has 0 amide bonds. The van der Waals surface area contributed by atoms with Crippen LogP contribution in [0.3, 0.4) is 0 Å². The molecule has 5 nitrogen and oxygen atoms in total. The quantitative estimate of drug-likeness (QED) is 0.492. The molecule has 0 aromatic heterocycles. The number of aliphatic hydroxyl groups excluding tert-OH is 2. The first-order chi connectivity index (χ1) is 5.72. The van der Waals surface area contributed by atoms with Crippen LogP contribution in [0.15, 0.2) is 0 Å². The highest BCUT2D eigenvalue weighted by atomic mass is 32.2. The van der Waals surface area contributed by atoms with Crippen molar-refractivity contribution < 1.29 is 18.6 Å². The van der Waals surface area contributed by atoms with Crippen LogP contribution in [0.4, 0.5) is 0 Å². The van der Waals surface area contributed by atoms with Crippen molar-refractivity contribution in [1.29, 1.82) is 0 Å². The molecule has 2 atom stereocenters. The average molecular weight is 211 g/mol. The zero-order chi connectivity index (χ0) is 10.6. The van der Waals surface area contributed by atoms with E-state index in [-0.39, 0.29) is 6.04 Å². The third-order valence-corrected chi connectivity index (χ3v) is 2.29. The monoisotopic (exact) mass is 211 g/mol. The van der Waals surface area contributed by atoms with E-state index < -0.39 is 27.9 Å². The van der Waals surface area contributed by atoms with E-state index in [1.165, 1.54) is 0 Å². The Morgan fingerprint density at radius 2 is 1.77 bits per heavy atom. The molecule has 0 fully saturated rings. The van der Waals surface area contributed by atoms with Crippen LogP contribution >= 0.6 is 0 Å². The predicted octanol–water partition coefficient (Wildman–Crippen LogP) is -1.29. The fourth-order valence-electron chi connectivity index (χ4n) is 0.854. The van der Waals surface area contributed by atoms with E-state index in [0.717, 1.165) is 6.26 Å². The maximum absolute atomic E-state index is 10.7. The Hall–Kier alpha value is -0.170. The fraction of sp³-hybridized carbons (Fsp3) is 1.00. The molecular formula is C7H17NO4S. The first-order valence-electron chi connectivity index (χ1n) is 4.02. The molecule has 1 unspecified atom stereocenters. The van der Waals surface area contributed by atoms with Gasteiger partial charge >= 0.3 is 0 Å². The van der Waals surface area contributed by atoms with Crippen LogP contribution in [0.5, 0.6) is 0 Å². The van der Waals surface area contributed by atoms with Gasteiger partial charge in [0.1, 0.15) is 22.2 Å². The Morgan fingerprint density at radius 3 is 2.08 bits per heavy atom. The lowest BCUT2D eigenvalue weighted by Gasteiger charge is -2.20. The molecule has 0 spiro atoms. The molecule has 80 valence electrons. The molecule has 0 aliphatic carbocycles. The second-order valence-corrected chi connectivity index (χ2v) is 5.61. The zero-order valence-corrected chi connectivity index (χ0v) is 8.87. The SMILES string of the molecule is CC(C)NC(O)[C@H](O)CS(C)(=O)=O. The topological polar surface area (TPSA) is 86.6 Å². The Balaban J connectivity index is 4.04. The summed E-state index contributed by atoms with van der Waals surface area (Å²) in [4.78, 5) is 0. The summed E-state index contributed by atoms with van der Waals surface area (Å²) in [7, 11) is -3.25. The van der Waals surface area contributed by atoms with E-state index in [4.69, 9.17) is 0 Å². The van der Waals surface area contributed by atoms with Gasteiger partial charge < -0.3 is 10.2 Å². The normalized spacial score (nSPS) is 17.4. The van der Waals surface area contributed by atoms with Gasteiger partial charge in [-0.2, -0.15) is 0 Å². The summed E-state index contributed by atoms with van der Waals surface area (Å²) in [5.41, 5.74) is 0. The van der Waals surface area contributed by atoms with Gasteiger partial charge in [-0.1, -0.05) is 0 Å². The van der Waals surface area contributed by atoms with Gasteiger partial charge in [-0.15, -0.1) is 0 Å². The molecule has 0 aromatic carbocycles. The maximum Gasteiger partial charge on any atom is 0.150 e. The Morgan fingerprint density at radius 1 is 1.31 bits per heavy atom. The van der Waals surface area contributed by atoms with Crippen LogP contribution in [0.1, 0.15) is 13.8 Å². The van der Waals surface area contributed by atoms with Gasteiger partial charge in [0, 0.05) is 12.3 Å². The zero-order valence-electron chi connectivity index (χ0n) is 8.06. The predicted molar refractivity (Wildman–Crippen MR) is 50.0 cm³/mol. The summed E-state index contributed by atoms with van der Waals surface area (Å²) in [5.74, 6) is -0.437. The average Bonchev–Trinajstić information content (AvgIpc) is 1.81. The lowest BCUT2D eigenvalue weighted by molar-refractivity contribution is 0.00609. The van der Waals surface area contributed by atoms with Crippen molar-refractivity contribution in [2.75, 3.05) is 12.0 Å². The third-order valence-electron chi connectivity index (χ3n) is 1.34. The van der Waals surface area contributed by atoms with Gasteiger partial charge in [-0.05, 0) is 13.8 Å². The first-order valence-corrected chi connectivity index (χ1v) is 6.08. The van der Waals surface area contributed by atoms with Crippen LogP contribution < -0.4 is 5.32 Å². The lowest BCUT2D eigenvalue weighted by atomic mass is 10.3. The second-order valence-electron chi connectivity index (χ2n) is 3.43. The van der Waals surface area contributed by atoms with Gasteiger partial charge in [-0.25, -0.2) is 8.42 Å². The molecule has 0 heterocycles. The first kappa shape index (κ1) is 12.8. The number of sulfone groups is 1. The van der Waals surface area contributed by atoms with Crippen LogP contribution in [0.2, 0.25) is 0 Å². The van der Waals surface area contributed by atoms with E-state index >= 15 is 0 Å². The van der Waals surface area contributed by atoms with E-state index in [2.05, 4.69) is 5.32 Å². The van der Waals surface area contributed by atoms with Crippen molar-refractivity contribution in [1.82, 2.24) is 5.32 Å². The van der Waals surface area contributed by atoms with Gasteiger partial charge in [0.05, 0.1) is 5.75 Å². The van der Waals surface area contributed by atoms with Gasteiger partial charge in [0.2, 0.25) is 0 Å². The summed E-state index contributed by atoms with van der Waals surface area (Å²) in [6.07, 6.45) is -1.47. The molecule has 0 saturated heterocycles. The van der Waals surface area contributed by atoms with Crippen LogP contribution in [0.25, 0.3) is 0 Å². The molecule has 0 aliphatic heterocycles. The highest BCUT2D eigenvalue weighted by Gasteiger charge is 2.20. The van der Waals surface area contributed by atoms with Crippen molar-refractivity contribution in [2.24, 2.45) is 0 Å². The molecule has 0 aliphatic rings. The number of nitrogens with one attached hydrogen (secondary N) is 1. The summed E-state index contributed by atoms with van der Waals surface area (Å²) in [6.45, 7) is 3.58. The smallest absolute Gasteiger partial charge is 0.150 e. The van der Waals surface area contributed by atoms with Gasteiger partial charge in [0.15, 0.2) is 0 Å². The summed E-state index contributed by atoms with van der Waals surface area (Å²) < 4.78 is 21.5. The largest absolute Gasteiger partial charge is 0.388 e. The molecule has 0 radical (unpaired) electrons. The van der Waals surface area contributed by atoms with E-state index in [1.54, 1.807) is 13.8 Å². The number of rotatable bonds is 5. The molecule has 3 N–H and O–H groups in total. The molecule has 13 heavy (non-hydrogen) atoms. The fourth-order valence-corrected chi connectivity index (χ4v) is 1.66. The lowest BCUT2D eigenvalue weighted by Crippen LogP contribution is -2.46. The third kappa shape index (κ3) is 6.94. The molecule has 0 rings (SSSR count). The van der Waals surface area contributed by atoms with E-state index in [0.29, 0.717) is 0 Å². The van der Waals surface area contributed by atoms with Crippen LogP contribution in [-0.4, -0.2) is 49.0 Å². The summed E-state index contributed by atoms with van der Waals surface area (Å²) in [6, 6.07) is -0.00999. The van der Waals surface area contributed by atoms with Crippen LogP contribution in [-0.2, 0) is 9.84 Å². The van der Waals surface area contributed by atoms with Gasteiger partial charge in [0.25, 0.3) is 0 Å². The number of hydrogen-bond acceptors (Lipinski definition) is 5. The van der Waals surface area contributed by atoms with Gasteiger partial charge in [-0.3, -0.25) is 5.32 Å². The summed E-state index contributed by atoms with van der Waals surface area (Å²) in [5, 5.41) is 21.0. The molecular weight excluding hydrogens is 194 g/mol. The molecule has 6 heteroatoms. The van der Waals surface area contributed by atoms with E-state index in [1.807, 2.05) is 0 Å². The minimum absolute atomic E-state index is 0.00999. The molecule has 0 saturated carbocycles. The van der Waals surface area contributed by atoms with Crippen molar-refractivity contribution in [3.05, 3.63) is 0 Å².